The summed E-state index contributed by atoms with van der Waals surface area (Å²) >= 11 is 7.03. The van der Waals surface area contributed by atoms with Gasteiger partial charge in [0, 0.05) is 48.4 Å². The standard InChI is InChI=1S/C28H30ClN3O5S2/c1-31-13-15-32(16-14-31)25(33)11-5-19-3-2-4-21(17-19)23-18-28(23,27(34)35)30-39(36,37)26-12-10-24(38-26)20-6-8-22(29)9-7-20/h2-4,6-10,12,17,23,30H,5,11,13-16,18H2,1H3,(H,34,35). The van der Waals surface area contributed by atoms with Gasteiger partial charge in [-0.25, -0.2) is 8.42 Å². The Hall–Kier alpha value is -2.76. The van der Waals surface area contributed by atoms with E-state index in [2.05, 4.69) is 9.62 Å². The molecule has 2 N–H and O–H groups in total. The zero-order valence-corrected chi connectivity index (χ0v) is 23.9. The third-order valence-electron chi connectivity index (χ3n) is 7.47. The summed E-state index contributed by atoms with van der Waals surface area (Å²) in [6.45, 7) is 3.18. The van der Waals surface area contributed by atoms with Crippen molar-refractivity contribution in [2.24, 2.45) is 0 Å². The van der Waals surface area contributed by atoms with Crippen LogP contribution >= 0.6 is 22.9 Å². The molecule has 5 rings (SSSR count). The molecule has 1 aromatic heterocycles. The lowest BCUT2D eigenvalue weighted by Crippen LogP contribution is -2.47. The summed E-state index contributed by atoms with van der Waals surface area (Å²) in [5.74, 6) is -1.60. The fourth-order valence-corrected chi connectivity index (χ4v) is 7.86. The number of carboxylic acids is 1. The van der Waals surface area contributed by atoms with Gasteiger partial charge in [-0.15, -0.1) is 11.3 Å². The second-order valence-corrected chi connectivity index (χ2v) is 13.6. The summed E-state index contributed by atoms with van der Waals surface area (Å²) in [4.78, 5) is 29.8. The first kappa shape index (κ1) is 27.8. The lowest BCUT2D eigenvalue weighted by molar-refractivity contribution is -0.140. The van der Waals surface area contributed by atoms with Crippen LogP contribution in [0.5, 0.6) is 0 Å². The van der Waals surface area contributed by atoms with E-state index in [9.17, 15) is 23.1 Å². The van der Waals surface area contributed by atoms with Crippen LogP contribution in [0.4, 0.5) is 0 Å². The van der Waals surface area contributed by atoms with Gasteiger partial charge in [0.2, 0.25) is 5.91 Å². The van der Waals surface area contributed by atoms with Gasteiger partial charge >= 0.3 is 5.97 Å². The number of carbonyl (C=O) groups is 2. The van der Waals surface area contributed by atoms with Gasteiger partial charge in [-0.1, -0.05) is 48.0 Å². The highest BCUT2D eigenvalue weighted by Gasteiger charge is 2.63. The predicted octanol–water partition coefficient (Wildman–Crippen LogP) is 4.06. The van der Waals surface area contributed by atoms with E-state index in [1.165, 1.54) is 6.07 Å². The molecule has 2 fully saturated rings. The number of aliphatic carboxylic acids is 1. The third-order valence-corrected chi connectivity index (χ3v) is 10.9. The van der Waals surface area contributed by atoms with Gasteiger partial charge in [-0.3, -0.25) is 9.59 Å². The van der Waals surface area contributed by atoms with Gasteiger partial charge in [0.15, 0.2) is 0 Å². The fourth-order valence-electron chi connectivity index (χ4n) is 5.01. The Morgan fingerprint density at radius 3 is 2.49 bits per heavy atom. The van der Waals surface area contributed by atoms with Crippen LogP contribution in [0.25, 0.3) is 10.4 Å². The Labute approximate surface area is 237 Å². The molecule has 2 aliphatic rings. The molecule has 1 saturated heterocycles. The monoisotopic (exact) mass is 587 g/mol. The summed E-state index contributed by atoms with van der Waals surface area (Å²) < 4.78 is 29.1. The highest BCUT2D eigenvalue weighted by molar-refractivity contribution is 7.91. The maximum Gasteiger partial charge on any atom is 0.325 e. The molecule has 1 aliphatic heterocycles. The van der Waals surface area contributed by atoms with E-state index in [4.69, 9.17) is 11.6 Å². The Morgan fingerprint density at radius 1 is 1.08 bits per heavy atom. The molecular weight excluding hydrogens is 558 g/mol. The summed E-state index contributed by atoms with van der Waals surface area (Å²) in [7, 11) is -2.03. The van der Waals surface area contributed by atoms with E-state index in [0.29, 0.717) is 17.9 Å². The number of sulfonamides is 1. The molecule has 0 spiro atoms. The number of benzene rings is 2. The van der Waals surface area contributed by atoms with E-state index in [0.717, 1.165) is 59.1 Å². The number of hydrogen-bond donors (Lipinski definition) is 2. The number of thiophene rings is 1. The fraction of sp³-hybridized carbons (Fsp3) is 0.357. The van der Waals surface area contributed by atoms with Crippen LogP contribution in [0.15, 0.2) is 64.9 Å². The largest absolute Gasteiger partial charge is 0.480 e. The smallest absolute Gasteiger partial charge is 0.325 e. The molecule has 3 aromatic rings. The maximum atomic E-state index is 13.3. The van der Waals surface area contributed by atoms with Gasteiger partial charge in [0.05, 0.1) is 0 Å². The Bertz CT molecular complexity index is 1480. The number of piperazine rings is 1. The highest BCUT2D eigenvalue weighted by Crippen LogP contribution is 2.53. The van der Waals surface area contributed by atoms with E-state index in [-0.39, 0.29) is 16.5 Å². The van der Waals surface area contributed by atoms with Crippen LogP contribution in [0.3, 0.4) is 0 Å². The minimum absolute atomic E-state index is 0.0508. The summed E-state index contributed by atoms with van der Waals surface area (Å²) in [6.07, 6.45) is 1.07. The molecule has 0 radical (unpaired) electrons. The molecule has 2 heterocycles. The number of carboxylic acid groups (broad SMARTS) is 1. The summed E-state index contributed by atoms with van der Waals surface area (Å²) in [5.41, 5.74) is 0.885. The summed E-state index contributed by atoms with van der Waals surface area (Å²) in [5, 5.41) is 10.7. The number of nitrogens with one attached hydrogen (secondary N) is 1. The molecule has 1 amide bonds. The SMILES string of the molecule is CN1CCN(C(=O)CCc2cccc(C3CC3(NS(=O)(=O)c3ccc(-c4ccc(Cl)cc4)s3)C(=O)O)c2)CC1. The van der Waals surface area contributed by atoms with Gasteiger partial charge < -0.3 is 14.9 Å². The van der Waals surface area contributed by atoms with Crippen molar-refractivity contribution in [2.75, 3.05) is 33.2 Å². The number of halogens is 1. The molecule has 11 heteroatoms. The van der Waals surface area contributed by atoms with Crippen molar-refractivity contribution in [3.63, 3.8) is 0 Å². The van der Waals surface area contributed by atoms with Crippen LogP contribution in [-0.4, -0.2) is 74.0 Å². The first-order chi connectivity index (χ1) is 18.6. The minimum atomic E-state index is -4.08. The van der Waals surface area contributed by atoms with Crippen molar-refractivity contribution in [1.29, 1.82) is 0 Å². The molecule has 0 bridgehead atoms. The third kappa shape index (κ3) is 6.05. The van der Waals surface area contributed by atoms with Crippen LogP contribution < -0.4 is 4.72 Å². The van der Waals surface area contributed by atoms with Crippen LogP contribution in [0.2, 0.25) is 5.02 Å². The maximum absolute atomic E-state index is 13.3. The second-order valence-electron chi connectivity index (χ2n) is 10.2. The summed E-state index contributed by atoms with van der Waals surface area (Å²) in [6, 6.07) is 17.7. The van der Waals surface area contributed by atoms with Crippen LogP contribution in [0.1, 0.15) is 29.9 Å². The molecule has 2 unspecified atom stereocenters. The van der Waals surface area contributed by atoms with E-state index in [1.807, 2.05) is 36.2 Å². The van der Waals surface area contributed by atoms with Crippen LogP contribution in [0, 0.1) is 0 Å². The molecule has 39 heavy (non-hydrogen) atoms. The quantitative estimate of drug-likeness (QED) is 0.391. The Morgan fingerprint density at radius 2 is 1.79 bits per heavy atom. The van der Waals surface area contributed by atoms with Crippen LogP contribution in [-0.2, 0) is 26.0 Å². The topological polar surface area (TPSA) is 107 Å². The van der Waals surface area contributed by atoms with Crippen molar-refractivity contribution in [1.82, 2.24) is 14.5 Å². The minimum Gasteiger partial charge on any atom is -0.480 e. The van der Waals surface area contributed by atoms with E-state index < -0.39 is 27.4 Å². The average molecular weight is 588 g/mol. The van der Waals surface area contributed by atoms with E-state index >= 15 is 0 Å². The van der Waals surface area contributed by atoms with Crippen molar-refractivity contribution in [2.45, 2.75) is 34.9 Å². The molecule has 1 saturated carbocycles. The number of likely N-dealkylation sites (N-methyl/N-ethyl adjacent to an activating group) is 1. The first-order valence-electron chi connectivity index (χ1n) is 12.8. The Balaban J connectivity index is 1.27. The van der Waals surface area contributed by atoms with Gasteiger partial charge in [0.25, 0.3) is 10.0 Å². The molecule has 8 nitrogen and oxygen atoms in total. The van der Waals surface area contributed by atoms with Crippen molar-refractivity contribution >= 4 is 44.8 Å². The second kappa shape index (κ2) is 11.0. The number of aryl methyl sites for hydroxylation is 1. The first-order valence-corrected chi connectivity index (χ1v) is 15.4. The molecular formula is C28H30ClN3O5S2. The highest BCUT2D eigenvalue weighted by atomic mass is 35.5. The molecule has 206 valence electrons. The number of hydrogen-bond acceptors (Lipinski definition) is 6. The zero-order valence-electron chi connectivity index (χ0n) is 21.5. The normalized spacial score (nSPS) is 21.6. The number of nitrogens with zero attached hydrogens (tertiary/aromatic N) is 2. The lowest BCUT2D eigenvalue weighted by atomic mass is 10.0. The van der Waals surface area contributed by atoms with Crippen molar-refractivity contribution < 1.29 is 23.1 Å². The van der Waals surface area contributed by atoms with E-state index in [1.54, 1.807) is 30.3 Å². The van der Waals surface area contributed by atoms with Gasteiger partial charge in [-0.05, 0) is 60.8 Å². The lowest BCUT2D eigenvalue weighted by Gasteiger charge is -2.32. The molecule has 1 aliphatic carbocycles. The number of rotatable bonds is 9. The Kier molecular flexibility index (Phi) is 7.85. The predicted molar refractivity (Wildman–Crippen MR) is 152 cm³/mol. The van der Waals surface area contributed by atoms with Crippen molar-refractivity contribution in [3.8, 4) is 10.4 Å². The molecule has 2 atom stereocenters. The van der Waals surface area contributed by atoms with Crippen molar-refractivity contribution in [3.05, 3.63) is 76.8 Å². The number of carbonyl (C=O) groups excluding carboxylic acids is 1. The van der Waals surface area contributed by atoms with Gasteiger partial charge in [0.1, 0.15) is 9.75 Å². The number of amides is 1. The molecule has 2 aromatic carbocycles. The zero-order chi connectivity index (χ0) is 27.8. The average Bonchev–Trinajstić information content (AvgIpc) is 3.41. The van der Waals surface area contributed by atoms with Gasteiger partial charge in [-0.2, -0.15) is 4.72 Å².